The highest BCUT2D eigenvalue weighted by Crippen LogP contribution is 1.83. The van der Waals surface area contributed by atoms with Gasteiger partial charge in [0.2, 0.25) is 0 Å². The Morgan fingerprint density at radius 3 is 2.89 bits per heavy atom. The topological polar surface area (TPSA) is 38.4 Å². The zero-order valence-corrected chi connectivity index (χ0v) is 5.67. The molecule has 0 aliphatic carbocycles. The third-order valence-corrected chi connectivity index (χ3v) is 0.873. The second-order valence-corrected chi connectivity index (χ2v) is 1.70. The summed E-state index contributed by atoms with van der Waals surface area (Å²) in [6.45, 7) is 5.96. The maximum Gasteiger partial charge on any atom is 0.0267 e. The van der Waals surface area contributed by atoms with Gasteiger partial charge in [0, 0.05) is 19.0 Å². The molecule has 2 heteroatoms. The summed E-state index contributed by atoms with van der Waals surface area (Å²) in [5, 5.41) is 0. The normalized spacial score (nSPS) is 12.4. The first-order valence-corrected chi connectivity index (χ1v) is 2.81. The first-order chi connectivity index (χ1) is 4.31. The molecule has 0 unspecified atom stereocenters. The Kier molecular flexibility index (Phi) is 4.73. The summed E-state index contributed by atoms with van der Waals surface area (Å²) < 4.78 is 0. The fourth-order valence-electron chi connectivity index (χ4n) is 0.299. The van der Waals surface area contributed by atoms with Crippen LogP contribution in [0.3, 0.4) is 0 Å². The molecule has 0 saturated carbocycles. The zero-order chi connectivity index (χ0) is 7.11. The molecule has 0 heterocycles. The minimum atomic E-state index is 0.586. The number of hydrogen-bond donors (Lipinski definition) is 1. The molecule has 0 bridgehead atoms. The summed E-state index contributed by atoms with van der Waals surface area (Å²) in [7, 11) is 0. The van der Waals surface area contributed by atoms with Crippen molar-refractivity contribution in [3.8, 4) is 0 Å². The van der Waals surface area contributed by atoms with Crippen molar-refractivity contribution in [2.75, 3.05) is 6.54 Å². The van der Waals surface area contributed by atoms with Crippen molar-refractivity contribution in [2.24, 2.45) is 10.7 Å². The Labute approximate surface area is 55.8 Å². The Morgan fingerprint density at radius 2 is 2.44 bits per heavy atom. The maximum atomic E-state index is 5.30. The van der Waals surface area contributed by atoms with E-state index in [1.165, 1.54) is 6.20 Å². The van der Waals surface area contributed by atoms with Crippen LogP contribution in [0.2, 0.25) is 0 Å². The van der Waals surface area contributed by atoms with Crippen molar-refractivity contribution < 1.29 is 0 Å². The molecule has 0 aliphatic heterocycles. The van der Waals surface area contributed by atoms with E-state index in [0.717, 1.165) is 5.57 Å². The second kappa shape index (κ2) is 5.25. The molecule has 0 spiro atoms. The third kappa shape index (κ3) is 4.97. The van der Waals surface area contributed by atoms with Crippen molar-refractivity contribution >= 4 is 6.21 Å². The van der Waals surface area contributed by atoms with E-state index in [4.69, 9.17) is 5.73 Å². The van der Waals surface area contributed by atoms with Crippen LogP contribution in [0, 0.1) is 0 Å². The Bertz CT molecular complexity index is 134. The summed E-state index contributed by atoms with van der Waals surface area (Å²) in [6, 6.07) is 0. The van der Waals surface area contributed by atoms with Crippen LogP contribution in [0.5, 0.6) is 0 Å². The van der Waals surface area contributed by atoms with E-state index in [9.17, 15) is 0 Å². The monoisotopic (exact) mass is 124 g/mol. The highest BCUT2D eigenvalue weighted by atomic mass is 14.6. The molecule has 0 fully saturated rings. The van der Waals surface area contributed by atoms with E-state index in [-0.39, 0.29) is 0 Å². The van der Waals surface area contributed by atoms with Crippen LogP contribution in [0.25, 0.3) is 0 Å². The fourth-order valence-corrected chi connectivity index (χ4v) is 0.299. The van der Waals surface area contributed by atoms with Gasteiger partial charge in [-0.1, -0.05) is 12.2 Å². The molecule has 50 valence electrons. The van der Waals surface area contributed by atoms with E-state index >= 15 is 0 Å². The van der Waals surface area contributed by atoms with Crippen molar-refractivity contribution in [1.29, 1.82) is 0 Å². The largest absolute Gasteiger partial charge is 0.327 e. The number of rotatable bonds is 3. The molecule has 0 rings (SSSR count). The number of aliphatic imine (C=N–C) groups is 1. The minimum Gasteiger partial charge on any atom is -0.327 e. The highest BCUT2D eigenvalue weighted by molar-refractivity contribution is 5.72. The minimum absolute atomic E-state index is 0.586. The van der Waals surface area contributed by atoms with Gasteiger partial charge in [0.1, 0.15) is 0 Å². The summed E-state index contributed by atoms with van der Waals surface area (Å²) >= 11 is 0. The van der Waals surface area contributed by atoms with Gasteiger partial charge in [0.05, 0.1) is 0 Å². The molecule has 0 aromatic heterocycles. The predicted molar refractivity (Wildman–Crippen MR) is 41.5 cm³/mol. The van der Waals surface area contributed by atoms with Gasteiger partial charge in [-0.25, -0.2) is 0 Å². The van der Waals surface area contributed by atoms with Crippen LogP contribution < -0.4 is 5.73 Å². The fraction of sp³-hybridized carbons (Fsp3) is 0.286. The predicted octanol–water partition coefficient (Wildman–Crippen LogP) is 1.11. The van der Waals surface area contributed by atoms with E-state index in [2.05, 4.69) is 11.6 Å². The molecule has 0 amide bonds. The Morgan fingerprint density at radius 1 is 1.78 bits per heavy atom. The lowest BCUT2D eigenvalue weighted by Crippen LogP contribution is -1.99. The van der Waals surface area contributed by atoms with Crippen LogP contribution in [-0.4, -0.2) is 12.8 Å². The average Bonchev–Trinajstić information content (AvgIpc) is 1.89. The molecule has 2 N–H and O–H groups in total. The van der Waals surface area contributed by atoms with Crippen LogP contribution in [0.4, 0.5) is 0 Å². The standard InChI is InChI=1S/C7H12N2/c1-3-9-5-4-7(2)6-8/h3-5H,1,6,8H2,2H3/b7-4+,9-5?. The lowest BCUT2D eigenvalue weighted by Gasteiger charge is -1.87. The maximum absolute atomic E-state index is 5.30. The highest BCUT2D eigenvalue weighted by Gasteiger charge is 1.76. The molecule has 0 aromatic rings. The smallest absolute Gasteiger partial charge is 0.0267 e. The van der Waals surface area contributed by atoms with Gasteiger partial charge in [-0.3, -0.25) is 4.99 Å². The van der Waals surface area contributed by atoms with Gasteiger partial charge in [0.25, 0.3) is 0 Å². The van der Waals surface area contributed by atoms with E-state index in [1.54, 1.807) is 6.21 Å². The molecule has 0 radical (unpaired) electrons. The van der Waals surface area contributed by atoms with E-state index < -0.39 is 0 Å². The molecule has 0 aromatic carbocycles. The SMILES string of the molecule is C=CN=C/C=C(\C)CN. The van der Waals surface area contributed by atoms with Crippen LogP contribution >= 0.6 is 0 Å². The van der Waals surface area contributed by atoms with Gasteiger partial charge >= 0.3 is 0 Å². The van der Waals surface area contributed by atoms with Crippen molar-refractivity contribution in [2.45, 2.75) is 6.92 Å². The summed E-state index contributed by atoms with van der Waals surface area (Å²) in [5.74, 6) is 0. The van der Waals surface area contributed by atoms with Gasteiger partial charge in [-0.2, -0.15) is 0 Å². The van der Waals surface area contributed by atoms with Crippen LogP contribution in [-0.2, 0) is 0 Å². The van der Waals surface area contributed by atoms with Gasteiger partial charge in [-0.05, 0) is 13.0 Å². The van der Waals surface area contributed by atoms with E-state index in [1.807, 2.05) is 13.0 Å². The second-order valence-electron chi connectivity index (χ2n) is 1.70. The van der Waals surface area contributed by atoms with E-state index in [0.29, 0.717) is 6.54 Å². The summed E-state index contributed by atoms with van der Waals surface area (Å²) in [6.07, 6.45) is 5.02. The van der Waals surface area contributed by atoms with Crippen LogP contribution in [0.15, 0.2) is 29.4 Å². The lowest BCUT2D eigenvalue weighted by molar-refractivity contribution is 1.14. The molecule has 9 heavy (non-hydrogen) atoms. The number of nitrogens with zero attached hydrogens (tertiary/aromatic N) is 1. The quantitative estimate of drug-likeness (QED) is 0.562. The zero-order valence-electron chi connectivity index (χ0n) is 5.67. The van der Waals surface area contributed by atoms with Crippen molar-refractivity contribution in [3.05, 3.63) is 24.4 Å². The first-order valence-electron chi connectivity index (χ1n) is 2.81. The van der Waals surface area contributed by atoms with Crippen molar-refractivity contribution in [3.63, 3.8) is 0 Å². The lowest BCUT2D eigenvalue weighted by atomic mass is 10.3. The Balaban J connectivity index is 3.67. The average molecular weight is 124 g/mol. The van der Waals surface area contributed by atoms with Gasteiger partial charge in [0.15, 0.2) is 0 Å². The molecular formula is C7H12N2. The molecule has 0 saturated heterocycles. The van der Waals surface area contributed by atoms with Crippen LogP contribution in [0.1, 0.15) is 6.92 Å². The first kappa shape index (κ1) is 8.11. The molecule has 2 nitrogen and oxygen atoms in total. The molecule has 0 atom stereocenters. The number of hydrogen-bond acceptors (Lipinski definition) is 2. The molecule has 0 aliphatic rings. The Hall–Kier alpha value is -0.890. The number of nitrogens with two attached hydrogens (primary N) is 1. The number of allylic oxidation sites excluding steroid dienone is 1. The molecular weight excluding hydrogens is 112 g/mol. The summed E-state index contributed by atoms with van der Waals surface area (Å²) in [5.41, 5.74) is 6.41. The van der Waals surface area contributed by atoms with Gasteiger partial charge in [-0.15, -0.1) is 0 Å². The third-order valence-electron chi connectivity index (χ3n) is 0.873. The summed E-state index contributed by atoms with van der Waals surface area (Å²) in [4.78, 5) is 3.77. The van der Waals surface area contributed by atoms with Gasteiger partial charge < -0.3 is 5.73 Å². The van der Waals surface area contributed by atoms with Crippen molar-refractivity contribution in [1.82, 2.24) is 0 Å².